The first-order valence-corrected chi connectivity index (χ1v) is 9.30. The summed E-state index contributed by atoms with van der Waals surface area (Å²) in [5.41, 5.74) is -9.28. The molecular formula is C15H17F5O4S. The van der Waals surface area contributed by atoms with Crippen LogP contribution in [0.15, 0.2) is 23.5 Å². The molecule has 1 atom stereocenters. The van der Waals surface area contributed by atoms with Gasteiger partial charge in [-0.15, -0.1) is 0 Å². The maximum absolute atomic E-state index is 14.8. The molecule has 2 bridgehead atoms. The first-order chi connectivity index (χ1) is 11.4. The zero-order chi connectivity index (χ0) is 18.7. The molecule has 25 heavy (non-hydrogen) atoms. The number of hydrogen-bond acceptors (Lipinski definition) is 4. The fraction of sp³-hybridized carbons (Fsp3) is 0.733. The predicted octanol–water partition coefficient (Wildman–Crippen LogP) is 4.56. The third-order valence-corrected chi connectivity index (χ3v) is 6.81. The van der Waals surface area contributed by atoms with Crippen LogP contribution in [0, 0.1) is 11.3 Å². The van der Waals surface area contributed by atoms with E-state index in [0.29, 0.717) is 19.3 Å². The van der Waals surface area contributed by atoms with Gasteiger partial charge < -0.3 is 5.11 Å². The Hall–Kier alpha value is -1.16. The van der Waals surface area contributed by atoms with Crippen LogP contribution in [0.2, 0.25) is 0 Å². The SMILES string of the molecule is O=S(=O)(OC12CCC(C3CC=C(O)CC3)(CC1)C(F)=C2F)C(F)(F)F. The van der Waals surface area contributed by atoms with E-state index in [4.69, 9.17) is 0 Å². The van der Waals surface area contributed by atoms with Gasteiger partial charge in [0.15, 0.2) is 5.83 Å². The molecule has 1 saturated carbocycles. The van der Waals surface area contributed by atoms with E-state index in [1.165, 1.54) is 6.08 Å². The second kappa shape index (κ2) is 5.67. The first kappa shape index (κ1) is 18.6. The average Bonchev–Trinajstić information content (AvgIpc) is 2.52. The van der Waals surface area contributed by atoms with Crippen molar-refractivity contribution < 1.29 is 39.7 Å². The van der Waals surface area contributed by atoms with Crippen LogP contribution in [0.25, 0.3) is 0 Å². The van der Waals surface area contributed by atoms with E-state index in [1.54, 1.807) is 0 Å². The molecule has 10 heteroatoms. The van der Waals surface area contributed by atoms with Gasteiger partial charge in [-0.2, -0.15) is 21.6 Å². The van der Waals surface area contributed by atoms with Crippen molar-refractivity contribution in [2.75, 3.05) is 0 Å². The van der Waals surface area contributed by atoms with E-state index < -0.39 is 38.3 Å². The Kier molecular flexibility index (Phi) is 4.22. The zero-order valence-corrected chi connectivity index (χ0v) is 13.9. The number of halogens is 5. The Balaban J connectivity index is 1.94. The molecule has 142 valence electrons. The van der Waals surface area contributed by atoms with Crippen LogP contribution in [0.1, 0.15) is 44.9 Å². The van der Waals surface area contributed by atoms with Crippen LogP contribution in [0.5, 0.6) is 0 Å². The third kappa shape index (κ3) is 2.77. The molecule has 0 aromatic heterocycles. The zero-order valence-electron chi connectivity index (χ0n) is 13.1. The summed E-state index contributed by atoms with van der Waals surface area (Å²) < 4.78 is 93.8. The van der Waals surface area contributed by atoms with Gasteiger partial charge in [0.25, 0.3) is 0 Å². The van der Waals surface area contributed by atoms with E-state index in [2.05, 4.69) is 4.18 Å². The highest BCUT2D eigenvalue weighted by Crippen LogP contribution is 2.63. The monoisotopic (exact) mass is 388 g/mol. The van der Waals surface area contributed by atoms with E-state index in [0.717, 1.165) is 0 Å². The molecule has 1 N–H and O–H groups in total. The number of allylic oxidation sites excluding steroid dienone is 3. The van der Waals surface area contributed by atoms with Gasteiger partial charge in [0.1, 0.15) is 11.4 Å². The molecule has 4 rings (SSSR count). The number of alkyl halides is 3. The molecule has 1 unspecified atom stereocenters. The molecule has 4 aliphatic carbocycles. The largest absolute Gasteiger partial charge is 0.523 e. The van der Waals surface area contributed by atoms with Crippen LogP contribution in [-0.4, -0.2) is 24.6 Å². The van der Waals surface area contributed by atoms with Gasteiger partial charge in [0.2, 0.25) is 0 Å². The number of hydrogen-bond donors (Lipinski definition) is 1. The molecular weight excluding hydrogens is 371 g/mol. The van der Waals surface area contributed by atoms with Crippen LogP contribution in [-0.2, 0) is 14.3 Å². The lowest BCUT2D eigenvalue weighted by atomic mass is 9.55. The van der Waals surface area contributed by atoms with Crippen LogP contribution in [0.4, 0.5) is 22.0 Å². The van der Waals surface area contributed by atoms with Crippen LogP contribution in [0.3, 0.4) is 0 Å². The highest BCUT2D eigenvalue weighted by molar-refractivity contribution is 7.87. The number of aliphatic hydroxyl groups excluding tert-OH is 1. The fourth-order valence-electron chi connectivity index (χ4n) is 4.24. The molecule has 0 spiro atoms. The molecule has 0 aromatic rings. The van der Waals surface area contributed by atoms with Crippen molar-refractivity contribution in [1.82, 2.24) is 0 Å². The number of rotatable bonds is 3. The van der Waals surface area contributed by atoms with E-state index in [9.17, 15) is 35.5 Å². The van der Waals surface area contributed by atoms with Gasteiger partial charge in [0.05, 0.1) is 5.76 Å². The summed E-state index contributed by atoms with van der Waals surface area (Å²) in [7, 11) is -6.03. The molecule has 0 radical (unpaired) electrons. The van der Waals surface area contributed by atoms with Gasteiger partial charge in [-0.3, -0.25) is 0 Å². The second-order valence-electron chi connectivity index (χ2n) is 6.93. The van der Waals surface area contributed by atoms with Crippen molar-refractivity contribution in [1.29, 1.82) is 0 Å². The van der Waals surface area contributed by atoms with Crippen molar-refractivity contribution in [3.8, 4) is 0 Å². The summed E-state index contributed by atoms with van der Waals surface area (Å²) in [6.07, 6.45) is 1.94. The Bertz CT molecular complexity index is 730. The van der Waals surface area contributed by atoms with Crippen molar-refractivity contribution in [3.05, 3.63) is 23.5 Å². The van der Waals surface area contributed by atoms with Crippen molar-refractivity contribution in [3.63, 3.8) is 0 Å². The third-order valence-electron chi connectivity index (χ3n) is 5.70. The first-order valence-electron chi connectivity index (χ1n) is 7.90. The summed E-state index contributed by atoms with van der Waals surface area (Å²) in [6, 6.07) is 0. The molecule has 0 aliphatic heterocycles. The van der Waals surface area contributed by atoms with Crippen molar-refractivity contribution in [2.24, 2.45) is 11.3 Å². The Morgan fingerprint density at radius 1 is 1.12 bits per heavy atom. The molecule has 4 nitrogen and oxygen atoms in total. The lowest BCUT2D eigenvalue weighted by molar-refractivity contribution is -0.0858. The quantitative estimate of drug-likeness (QED) is 0.437. The predicted molar refractivity (Wildman–Crippen MR) is 77.0 cm³/mol. The normalized spacial score (nSPS) is 36.5. The lowest BCUT2D eigenvalue weighted by Gasteiger charge is -2.53. The summed E-state index contributed by atoms with van der Waals surface area (Å²) in [5.74, 6) is -2.87. The maximum atomic E-state index is 14.8. The van der Waals surface area contributed by atoms with Gasteiger partial charge in [0, 0.05) is 11.8 Å². The second-order valence-corrected chi connectivity index (χ2v) is 8.47. The van der Waals surface area contributed by atoms with Gasteiger partial charge >= 0.3 is 15.6 Å². The minimum Gasteiger partial charge on any atom is -0.513 e. The fourth-order valence-corrected chi connectivity index (χ4v) is 5.00. The number of aliphatic hydroxyl groups is 1. The maximum Gasteiger partial charge on any atom is 0.523 e. The molecule has 0 amide bonds. The Morgan fingerprint density at radius 2 is 1.72 bits per heavy atom. The smallest absolute Gasteiger partial charge is 0.513 e. The summed E-state index contributed by atoms with van der Waals surface area (Å²) in [4.78, 5) is 0. The van der Waals surface area contributed by atoms with Crippen molar-refractivity contribution in [2.45, 2.75) is 56.1 Å². The van der Waals surface area contributed by atoms with Crippen molar-refractivity contribution >= 4 is 10.1 Å². The topological polar surface area (TPSA) is 63.6 Å². The minimum absolute atomic E-state index is 0.00109. The lowest BCUT2D eigenvalue weighted by Crippen LogP contribution is -2.52. The van der Waals surface area contributed by atoms with E-state index in [-0.39, 0.29) is 37.4 Å². The summed E-state index contributed by atoms with van der Waals surface area (Å²) in [6.45, 7) is 0. The number of fused-ring (bicyclic) bond motifs is 2. The van der Waals surface area contributed by atoms with Gasteiger partial charge in [-0.1, -0.05) is 0 Å². The minimum atomic E-state index is -6.03. The standard InChI is InChI=1S/C15H17F5O4S/c16-11-12(17)14(24-25(22,23)15(18,19)20)7-5-13(11,6-8-14)9-1-3-10(21)4-2-9/h3,9,21H,1-2,4-8H2. The Labute approximate surface area is 141 Å². The average molecular weight is 388 g/mol. The van der Waals surface area contributed by atoms with Gasteiger partial charge in [-0.25, -0.2) is 13.0 Å². The highest BCUT2D eigenvalue weighted by atomic mass is 32.2. The molecule has 1 fully saturated rings. The van der Waals surface area contributed by atoms with Crippen LogP contribution >= 0.6 is 0 Å². The van der Waals surface area contributed by atoms with Gasteiger partial charge in [-0.05, 0) is 50.5 Å². The Morgan fingerprint density at radius 3 is 2.20 bits per heavy atom. The van der Waals surface area contributed by atoms with E-state index >= 15 is 0 Å². The molecule has 0 saturated heterocycles. The molecule has 0 aromatic carbocycles. The molecule has 0 heterocycles. The van der Waals surface area contributed by atoms with E-state index in [1.807, 2.05) is 0 Å². The summed E-state index contributed by atoms with van der Waals surface area (Å²) in [5, 5.41) is 9.44. The highest BCUT2D eigenvalue weighted by Gasteiger charge is 2.62. The van der Waals surface area contributed by atoms with Crippen LogP contribution < -0.4 is 0 Å². The summed E-state index contributed by atoms with van der Waals surface area (Å²) >= 11 is 0. The molecule has 4 aliphatic rings.